The Morgan fingerprint density at radius 3 is 1.76 bits per heavy atom. The van der Waals surface area contributed by atoms with Gasteiger partial charge in [-0.05, 0) is 34.6 Å². The second kappa shape index (κ2) is 16.4. The van der Waals surface area contributed by atoms with Crippen LogP contribution in [0.5, 0.6) is 0 Å². The maximum absolute atomic E-state index is 13.7. The van der Waals surface area contributed by atoms with Gasteiger partial charge in [-0.15, -0.1) is 4.99 Å². The number of amides is 3. The van der Waals surface area contributed by atoms with Crippen LogP contribution in [0, 0.1) is 5.92 Å². The molecule has 1 fully saturated rings. The number of aliphatic imine (C=N–C) groups is 1. The number of β-lactam (4-membered cyclic amide) rings is 1. The summed E-state index contributed by atoms with van der Waals surface area (Å²) in [6.45, 7) is 10.4. The average molecular weight is 687 g/mol. The Morgan fingerprint density at radius 1 is 0.796 bits per heavy atom. The van der Waals surface area contributed by atoms with Crippen LogP contribution in [0.2, 0.25) is 18.1 Å². The molecule has 1 aliphatic heterocycles. The minimum absolute atomic E-state index is 0.0226. The summed E-state index contributed by atoms with van der Waals surface area (Å²) in [7, 11) is -2.44. The number of guanidine groups is 1. The number of ether oxygens (including phenoxy) is 3. The van der Waals surface area contributed by atoms with Crippen molar-refractivity contribution in [2.24, 2.45) is 16.6 Å². The summed E-state index contributed by atoms with van der Waals surface area (Å²) in [4.78, 5) is 58.0. The van der Waals surface area contributed by atoms with E-state index in [-0.39, 0.29) is 50.2 Å². The molecule has 0 saturated carbocycles. The Morgan fingerprint density at radius 2 is 1.27 bits per heavy atom. The molecule has 49 heavy (non-hydrogen) atoms. The second-order valence-electron chi connectivity index (χ2n) is 13.5. The molecular weight excluding hydrogens is 641 g/mol. The largest absolute Gasteiger partial charge is 0.459 e. The van der Waals surface area contributed by atoms with Gasteiger partial charge in [0, 0.05) is 6.54 Å². The van der Waals surface area contributed by atoms with Crippen molar-refractivity contribution in [1.29, 1.82) is 0 Å². The van der Waals surface area contributed by atoms with Gasteiger partial charge in [-0.3, -0.25) is 4.79 Å². The van der Waals surface area contributed by atoms with Gasteiger partial charge in [-0.1, -0.05) is 125 Å². The molecule has 0 radical (unpaired) electrons. The van der Waals surface area contributed by atoms with Crippen molar-refractivity contribution in [2.45, 2.75) is 77.6 Å². The molecule has 11 nitrogen and oxygen atoms in total. The third kappa shape index (κ3) is 9.56. The van der Waals surface area contributed by atoms with E-state index >= 15 is 0 Å². The molecule has 1 aliphatic rings. The van der Waals surface area contributed by atoms with Gasteiger partial charge in [0.05, 0.1) is 5.92 Å². The first-order valence-electron chi connectivity index (χ1n) is 16.4. The number of carbonyl (C=O) groups excluding carboxylic acids is 4. The lowest BCUT2D eigenvalue weighted by molar-refractivity contribution is -0.169. The molecule has 12 heteroatoms. The van der Waals surface area contributed by atoms with Crippen LogP contribution in [0.1, 0.15) is 50.3 Å². The Kier molecular flexibility index (Phi) is 12.4. The molecule has 0 spiro atoms. The standard InChI is InChI=1S/C37H46N4O7Si/c1-37(2,3)49(4,5)41-31(33(43)46-24-27-16-9-6-10-17-27)30(32(41)42)22-15-23-40(36(45)48-26-29-20-13-8-14-21-29)34(38)39-35(44)47-25-28-18-11-7-12-19-28/h6-14,16-21,30-31H,15,22-26H2,1-5H3,(H2,38,39,44)/t30-,31?/m1/s1. The highest BCUT2D eigenvalue weighted by Crippen LogP contribution is 2.46. The molecule has 3 aromatic rings. The summed E-state index contributed by atoms with van der Waals surface area (Å²) in [5.41, 5.74) is 8.54. The minimum atomic E-state index is -2.44. The van der Waals surface area contributed by atoms with Crippen LogP contribution in [0.15, 0.2) is 96.0 Å². The predicted octanol–water partition coefficient (Wildman–Crippen LogP) is 6.63. The summed E-state index contributed by atoms with van der Waals surface area (Å²) in [6, 6.07) is 26.8. The van der Waals surface area contributed by atoms with Crippen LogP contribution in [0.4, 0.5) is 9.59 Å². The van der Waals surface area contributed by atoms with Crippen molar-refractivity contribution in [3.05, 3.63) is 108 Å². The molecule has 3 aromatic carbocycles. The fourth-order valence-corrected chi connectivity index (χ4v) is 7.79. The lowest BCUT2D eigenvalue weighted by Gasteiger charge is -2.57. The summed E-state index contributed by atoms with van der Waals surface area (Å²) in [5.74, 6) is -1.62. The number of nitrogens with two attached hydrogens (primary N) is 1. The van der Waals surface area contributed by atoms with Crippen molar-refractivity contribution >= 4 is 38.3 Å². The van der Waals surface area contributed by atoms with E-state index in [0.29, 0.717) is 0 Å². The lowest BCUT2D eigenvalue weighted by atomic mass is 9.86. The Balaban J connectivity index is 1.47. The summed E-state index contributed by atoms with van der Waals surface area (Å²) >= 11 is 0. The molecule has 0 aromatic heterocycles. The number of nitrogens with zero attached hydrogens (tertiary/aromatic N) is 3. The van der Waals surface area contributed by atoms with Crippen LogP contribution in [-0.4, -0.2) is 60.3 Å². The second-order valence-corrected chi connectivity index (χ2v) is 18.6. The smallest absolute Gasteiger partial charge is 0.437 e. The highest BCUT2D eigenvalue weighted by Gasteiger charge is 2.60. The number of carbonyl (C=O) groups is 4. The molecule has 3 amide bonds. The number of rotatable bonds is 12. The van der Waals surface area contributed by atoms with Crippen LogP contribution in [0.25, 0.3) is 0 Å². The van der Waals surface area contributed by atoms with Gasteiger partial charge >= 0.3 is 18.2 Å². The first-order valence-corrected chi connectivity index (χ1v) is 19.3. The monoisotopic (exact) mass is 686 g/mol. The van der Waals surface area contributed by atoms with E-state index in [9.17, 15) is 19.2 Å². The normalized spacial score (nSPS) is 16.4. The molecule has 1 unspecified atom stereocenters. The third-order valence-corrected chi connectivity index (χ3v) is 14.5. The number of esters is 1. The summed E-state index contributed by atoms with van der Waals surface area (Å²) in [6.07, 6.45) is -1.26. The minimum Gasteiger partial charge on any atom is -0.459 e. The highest BCUT2D eigenvalue weighted by molar-refractivity contribution is 6.80. The third-order valence-electron chi connectivity index (χ3n) is 9.13. The van der Waals surface area contributed by atoms with Gasteiger partial charge in [0.25, 0.3) is 0 Å². The van der Waals surface area contributed by atoms with Gasteiger partial charge in [0.2, 0.25) is 11.9 Å². The van der Waals surface area contributed by atoms with Gasteiger partial charge in [-0.2, -0.15) is 0 Å². The van der Waals surface area contributed by atoms with E-state index in [4.69, 9.17) is 19.9 Å². The van der Waals surface area contributed by atoms with Gasteiger partial charge < -0.3 is 24.5 Å². The first kappa shape index (κ1) is 36.9. The number of hydrogen-bond donors (Lipinski definition) is 1. The molecule has 2 N–H and O–H groups in total. The fraction of sp³-hybridized carbons (Fsp3) is 0.378. The van der Waals surface area contributed by atoms with Crippen LogP contribution >= 0.6 is 0 Å². The van der Waals surface area contributed by atoms with E-state index in [1.807, 2.05) is 78.9 Å². The van der Waals surface area contributed by atoms with Crippen LogP contribution in [-0.2, 0) is 43.6 Å². The van der Waals surface area contributed by atoms with Crippen molar-refractivity contribution in [1.82, 2.24) is 9.47 Å². The Hall–Kier alpha value is -4.97. The van der Waals surface area contributed by atoms with Gasteiger partial charge in [-0.25, -0.2) is 19.3 Å². The van der Waals surface area contributed by atoms with E-state index in [1.54, 1.807) is 16.7 Å². The van der Waals surface area contributed by atoms with E-state index in [1.165, 1.54) is 0 Å². The fourth-order valence-electron chi connectivity index (χ4n) is 5.37. The average Bonchev–Trinajstić information content (AvgIpc) is 3.08. The van der Waals surface area contributed by atoms with E-state index < -0.39 is 44.3 Å². The maximum Gasteiger partial charge on any atom is 0.437 e. The topological polar surface area (TPSA) is 141 Å². The van der Waals surface area contributed by atoms with E-state index in [2.05, 4.69) is 38.9 Å². The van der Waals surface area contributed by atoms with Crippen molar-refractivity contribution < 1.29 is 33.4 Å². The number of hydrogen-bond acceptors (Lipinski definition) is 7. The Labute approximate surface area is 289 Å². The molecule has 1 heterocycles. The van der Waals surface area contributed by atoms with Crippen LogP contribution in [0.3, 0.4) is 0 Å². The van der Waals surface area contributed by atoms with Crippen LogP contribution < -0.4 is 5.73 Å². The Bertz CT molecular complexity index is 1610. The zero-order valence-corrected chi connectivity index (χ0v) is 29.8. The maximum atomic E-state index is 13.7. The molecule has 1 saturated heterocycles. The summed E-state index contributed by atoms with van der Waals surface area (Å²) in [5, 5.41) is -0.203. The van der Waals surface area contributed by atoms with Gasteiger partial charge in [0.15, 0.2) is 8.24 Å². The zero-order valence-electron chi connectivity index (χ0n) is 28.8. The predicted molar refractivity (Wildman–Crippen MR) is 188 cm³/mol. The molecular formula is C37H46N4O7Si. The zero-order chi connectivity index (χ0) is 35.6. The van der Waals surface area contributed by atoms with Gasteiger partial charge in [0.1, 0.15) is 25.9 Å². The highest BCUT2D eigenvalue weighted by atomic mass is 28.3. The van der Waals surface area contributed by atoms with Crippen molar-refractivity contribution in [3.63, 3.8) is 0 Å². The summed E-state index contributed by atoms with van der Waals surface area (Å²) < 4.78 is 18.2. The SMILES string of the molecule is CC(C)(C)[Si](C)(C)N1C(=O)[C@H](CCCN(C(=O)OCc2ccccc2)/C(N)=N/C(=O)OCc2ccccc2)C1C(=O)OCc1ccccc1. The first-order chi connectivity index (χ1) is 23.3. The molecule has 4 rings (SSSR count). The molecule has 0 aliphatic carbocycles. The van der Waals surface area contributed by atoms with E-state index in [0.717, 1.165) is 21.6 Å². The molecule has 2 atom stereocenters. The lowest BCUT2D eigenvalue weighted by Crippen LogP contribution is -2.74. The quantitative estimate of drug-likeness (QED) is 0.0559. The molecule has 0 bridgehead atoms. The van der Waals surface area contributed by atoms with Crippen molar-refractivity contribution in [2.75, 3.05) is 6.54 Å². The molecule has 260 valence electrons. The number of benzene rings is 3. The van der Waals surface area contributed by atoms with Crippen molar-refractivity contribution in [3.8, 4) is 0 Å².